The maximum atomic E-state index is 12.9. The summed E-state index contributed by atoms with van der Waals surface area (Å²) in [5.41, 5.74) is -0.393. The Bertz CT molecular complexity index is 935. The first kappa shape index (κ1) is 21.3. The highest BCUT2D eigenvalue weighted by Gasteiger charge is 2.34. The fourth-order valence-corrected chi connectivity index (χ4v) is 3.00. The predicted octanol–water partition coefficient (Wildman–Crippen LogP) is -0.280. The fraction of sp³-hybridized carbons (Fsp3) is 0.500. The zero-order valence-electron chi connectivity index (χ0n) is 17.0. The van der Waals surface area contributed by atoms with E-state index in [9.17, 15) is 18.8 Å². The number of amides is 3. The molecular weight excluding hydrogens is 395 g/mol. The van der Waals surface area contributed by atoms with Crippen LogP contribution in [-0.4, -0.2) is 85.2 Å². The molecule has 1 aliphatic rings. The van der Waals surface area contributed by atoms with Crippen molar-refractivity contribution in [2.45, 2.75) is 31.8 Å². The minimum Gasteiger partial charge on any atom is -0.347 e. The zero-order valence-corrected chi connectivity index (χ0v) is 17.0. The largest absolute Gasteiger partial charge is 0.347 e. The van der Waals surface area contributed by atoms with E-state index in [4.69, 9.17) is 0 Å². The fourth-order valence-electron chi connectivity index (χ4n) is 3.00. The highest BCUT2D eigenvalue weighted by molar-refractivity contribution is 5.92. The van der Waals surface area contributed by atoms with Gasteiger partial charge in [-0.05, 0) is 19.8 Å². The van der Waals surface area contributed by atoms with E-state index in [0.717, 1.165) is 12.4 Å². The van der Waals surface area contributed by atoms with Crippen molar-refractivity contribution in [3.05, 3.63) is 35.9 Å². The lowest BCUT2D eigenvalue weighted by Crippen LogP contribution is -2.54. The molecule has 11 nitrogen and oxygen atoms in total. The third-order valence-electron chi connectivity index (χ3n) is 4.95. The lowest BCUT2D eigenvalue weighted by Gasteiger charge is -2.39. The molecule has 2 aromatic heterocycles. The van der Waals surface area contributed by atoms with Crippen LogP contribution in [0.15, 0.2) is 18.6 Å². The Morgan fingerprint density at radius 2 is 1.83 bits per heavy atom. The Hall–Kier alpha value is -3.44. The number of carbonyl (C=O) groups is 3. The average Bonchev–Trinajstić information content (AvgIpc) is 3.16. The first-order chi connectivity index (χ1) is 14.2. The minimum atomic E-state index is -0.618. The molecule has 160 valence electrons. The van der Waals surface area contributed by atoms with Gasteiger partial charge in [-0.15, -0.1) is 5.10 Å². The van der Waals surface area contributed by atoms with Crippen LogP contribution in [-0.2, 0) is 11.3 Å². The van der Waals surface area contributed by atoms with Crippen LogP contribution in [0.4, 0.5) is 4.39 Å². The van der Waals surface area contributed by atoms with Crippen LogP contribution in [0.2, 0.25) is 0 Å². The first-order valence-corrected chi connectivity index (χ1v) is 9.36. The number of nitrogens with one attached hydrogen (secondary N) is 1. The SMILES string of the molecule is CN(C)C(=O)Cn1cc(C(=O)N2CCC(C)(NC(=O)c3ncc(F)cn3)CC2)nn1. The number of piperidine rings is 1. The van der Waals surface area contributed by atoms with Crippen LogP contribution in [0.3, 0.4) is 0 Å². The summed E-state index contributed by atoms with van der Waals surface area (Å²) in [6, 6.07) is 0. The molecule has 3 heterocycles. The number of aromatic nitrogens is 5. The van der Waals surface area contributed by atoms with Crippen LogP contribution in [0, 0.1) is 5.82 Å². The van der Waals surface area contributed by atoms with Crippen LogP contribution < -0.4 is 5.32 Å². The molecule has 30 heavy (non-hydrogen) atoms. The van der Waals surface area contributed by atoms with Gasteiger partial charge < -0.3 is 15.1 Å². The summed E-state index contributed by atoms with van der Waals surface area (Å²) in [4.78, 5) is 47.2. The molecule has 0 aliphatic carbocycles. The maximum Gasteiger partial charge on any atom is 0.289 e. The third-order valence-corrected chi connectivity index (χ3v) is 4.95. The Balaban J connectivity index is 1.56. The standard InChI is InChI=1S/C18H23FN8O3/c1-18(22-16(29)15-20-8-12(19)9-21-15)4-6-26(7-5-18)17(30)13-10-27(24-23-13)11-14(28)25(2)3/h8-10H,4-7,11H2,1-3H3,(H,22,29). The average molecular weight is 418 g/mol. The quantitative estimate of drug-likeness (QED) is 0.708. The molecule has 0 radical (unpaired) electrons. The Labute approximate surface area is 172 Å². The predicted molar refractivity (Wildman–Crippen MR) is 102 cm³/mol. The Kier molecular flexibility index (Phi) is 6.04. The van der Waals surface area contributed by atoms with Crippen LogP contribution in [0.5, 0.6) is 0 Å². The van der Waals surface area contributed by atoms with Gasteiger partial charge in [-0.2, -0.15) is 0 Å². The van der Waals surface area contributed by atoms with Gasteiger partial charge in [-0.25, -0.2) is 19.0 Å². The van der Waals surface area contributed by atoms with Crippen LogP contribution in [0.1, 0.15) is 40.9 Å². The molecule has 0 saturated carbocycles. The van der Waals surface area contributed by atoms with Gasteiger partial charge >= 0.3 is 0 Å². The second-order valence-corrected chi connectivity index (χ2v) is 7.62. The van der Waals surface area contributed by atoms with E-state index in [1.807, 2.05) is 6.92 Å². The molecule has 0 atom stereocenters. The summed E-state index contributed by atoms with van der Waals surface area (Å²) in [5, 5.41) is 10.6. The second kappa shape index (κ2) is 8.51. The summed E-state index contributed by atoms with van der Waals surface area (Å²) in [6.45, 7) is 2.69. The molecule has 0 aromatic carbocycles. The van der Waals surface area contributed by atoms with E-state index in [-0.39, 0.29) is 29.9 Å². The third kappa shape index (κ3) is 4.93. The van der Waals surface area contributed by atoms with E-state index >= 15 is 0 Å². The Morgan fingerprint density at radius 1 is 1.20 bits per heavy atom. The summed E-state index contributed by atoms with van der Waals surface area (Å²) >= 11 is 0. The van der Waals surface area contributed by atoms with Gasteiger partial charge in [0.1, 0.15) is 6.54 Å². The molecule has 1 saturated heterocycles. The van der Waals surface area contributed by atoms with Crippen molar-refractivity contribution < 1.29 is 18.8 Å². The zero-order chi connectivity index (χ0) is 21.9. The number of rotatable bonds is 5. The number of carbonyl (C=O) groups excluding carboxylic acids is 3. The summed E-state index contributed by atoms with van der Waals surface area (Å²) < 4.78 is 14.2. The first-order valence-electron chi connectivity index (χ1n) is 9.36. The molecule has 1 N–H and O–H groups in total. The molecule has 0 spiro atoms. The van der Waals surface area contributed by atoms with Crippen molar-refractivity contribution in [3.8, 4) is 0 Å². The number of hydrogen-bond acceptors (Lipinski definition) is 7. The van der Waals surface area contributed by atoms with Crippen LogP contribution in [0.25, 0.3) is 0 Å². The van der Waals surface area contributed by atoms with Gasteiger partial charge in [0, 0.05) is 32.7 Å². The van der Waals surface area contributed by atoms with Crippen molar-refractivity contribution in [3.63, 3.8) is 0 Å². The maximum absolute atomic E-state index is 12.9. The van der Waals surface area contributed by atoms with Crippen molar-refractivity contribution in [1.82, 2.24) is 40.1 Å². The van der Waals surface area contributed by atoms with Crippen LogP contribution >= 0.6 is 0 Å². The van der Waals surface area contributed by atoms with Gasteiger partial charge in [-0.3, -0.25) is 14.4 Å². The smallest absolute Gasteiger partial charge is 0.289 e. The van der Waals surface area contributed by atoms with Crippen molar-refractivity contribution in [1.29, 1.82) is 0 Å². The van der Waals surface area contributed by atoms with E-state index in [2.05, 4.69) is 25.6 Å². The number of hydrogen-bond donors (Lipinski definition) is 1. The number of likely N-dealkylation sites (N-methyl/N-ethyl adjacent to an activating group) is 1. The van der Waals surface area contributed by atoms with Crippen molar-refractivity contribution >= 4 is 17.7 Å². The van der Waals surface area contributed by atoms with E-state index in [0.29, 0.717) is 25.9 Å². The lowest BCUT2D eigenvalue weighted by molar-refractivity contribution is -0.129. The molecule has 3 rings (SSSR count). The number of halogens is 1. The summed E-state index contributed by atoms with van der Waals surface area (Å²) in [7, 11) is 3.27. The highest BCUT2D eigenvalue weighted by atomic mass is 19.1. The van der Waals surface area contributed by atoms with E-state index in [1.54, 1.807) is 19.0 Å². The lowest BCUT2D eigenvalue weighted by atomic mass is 9.89. The van der Waals surface area contributed by atoms with E-state index in [1.165, 1.54) is 15.8 Å². The number of nitrogens with zero attached hydrogens (tertiary/aromatic N) is 7. The normalized spacial score (nSPS) is 15.5. The summed E-state index contributed by atoms with van der Waals surface area (Å²) in [5.74, 6) is -1.67. The highest BCUT2D eigenvalue weighted by Crippen LogP contribution is 2.23. The van der Waals surface area contributed by atoms with Gasteiger partial charge in [0.15, 0.2) is 11.5 Å². The van der Waals surface area contributed by atoms with Crippen molar-refractivity contribution in [2.24, 2.45) is 0 Å². The Morgan fingerprint density at radius 3 is 2.43 bits per heavy atom. The monoisotopic (exact) mass is 418 g/mol. The molecule has 0 bridgehead atoms. The topological polar surface area (TPSA) is 126 Å². The van der Waals surface area contributed by atoms with E-state index < -0.39 is 17.3 Å². The van der Waals surface area contributed by atoms with Gasteiger partial charge in [0.05, 0.1) is 18.6 Å². The molecule has 3 amide bonds. The van der Waals surface area contributed by atoms with Gasteiger partial charge in [0.2, 0.25) is 11.7 Å². The molecule has 0 unspecified atom stereocenters. The molecule has 1 aliphatic heterocycles. The molecule has 12 heteroatoms. The number of likely N-dealkylation sites (tertiary alicyclic amines) is 1. The summed E-state index contributed by atoms with van der Waals surface area (Å²) in [6.07, 6.45) is 4.35. The molecule has 2 aromatic rings. The minimum absolute atomic E-state index is 0.00282. The van der Waals surface area contributed by atoms with Gasteiger partial charge in [0.25, 0.3) is 11.8 Å². The molecular formula is C18H23FN8O3. The second-order valence-electron chi connectivity index (χ2n) is 7.62. The van der Waals surface area contributed by atoms with Gasteiger partial charge in [-0.1, -0.05) is 5.21 Å². The molecule has 1 fully saturated rings. The van der Waals surface area contributed by atoms with Crippen molar-refractivity contribution in [2.75, 3.05) is 27.2 Å².